The molecular weight excluding hydrogens is 397 g/mol. The standard InChI is InChI=1S/C19H9Cl2N7/c20-12-5-11(9-23)6-13(21)16(12)18-26-14-2-4-25-19(17(14)28-18)27-15-7-10(8-22)1-3-24-15/h1-7H,(H,26,28)(H,24,25,27). The molecule has 0 saturated heterocycles. The molecule has 0 aliphatic rings. The molecule has 1 aromatic carbocycles. The summed E-state index contributed by atoms with van der Waals surface area (Å²) in [5.41, 5.74) is 2.60. The summed E-state index contributed by atoms with van der Waals surface area (Å²) in [5.74, 6) is 1.41. The summed E-state index contributed by atoms with van der Waals surface area (Å²) in [6.07, 6.45) is 3.14. The van der Waals surface area contributed by atoms with Crippen LogP contribution >= 0.6 is 23.2 Å². The number of pyridine rings is 2. The highest BCUT2D eigenvalue weighted by molar-refractivity contribution is 6.39. The second-order valence-electron chi connectivity index (χ2n) is 5.73. The fraction of sp³-hybridized carbons (Fsp3) is 0. The third kappa shape index (κ3) is 3.21. The summed E-state index contributed by atoms with van der Waals surface area (Å²) in [5, 5.41) is 21.8. The predicted molar refractivity (Wildman–Crippen MR) is 106 cm³/mol. The van der Waals surface area contributed by atoms with Crippen LogP contribution in [0.15, 0.2) is 42.7 Å². The van der Waals surface area contributed by atoms with Gasteiger partial charge in [0.2, 0.25) is 0 Å². The van der Waals surface area contributed by atoms with Gasteiger partial charge in [0.1, 0.15) is 17.2 Å². The van der Waals surface area contributed by atoms with E-state index in [4.69, 9.17) is 33.7 Å². The molecule has 0 amide bonds. The Morgan fingerprint density at radius 2 is 1.64 bits per heavy atom. The van der Waals surface area contributed by atoms with E-state index in [9.17, 15) is 0 Å². The molecule has 0 unspecified atom stereocenters. The van der Waals surface area contributed by atoms with Crippen LogP contribution in [0.25, 0.3) is 22.4 Å². The van der Waals surface area contributed by atoms with Gasteiger partial charge >= 0.3 is 0 Å². The van der Waals surface area contributed by atoms with Gasteiger partial charge < -0.3 is 10.3 Å². The minimum absolute atomic E-state index is 0.314. The van der Waals surface area contributed by atoms with E-state index in [0.717, 1.165) is 0 Å². The number of rotatable bonds is 3. The van der Waals surface area contributed by atoms with Crippen molar-refractivity contribution in [2.75, 3.05) is 5.32 Å². The fourth-order valence-electron chi connectivity index (χ4n) is 2.70. The van der Waals surface area contributed by atoms with Crippen LogP contribution in [-0.4, -0.2) is 19.9 Å². The largest absolute Gasteiger partial charge is 0.335 e. The van der Waals surface area contributed by atoms with Crippen LogP contribution in [-0.2, 0) is 0 Å². The van der Waals surface area contributed by atoms with E-state index >= 15 is 0 Å². The normalized spacial score (nSPS) is 10.4. The molecule has 3 aromatic heterocycles. The van der Waals surface area contributed by atoms with Crippen molar-refractivity contribution in [1.29, 1.82) is 10.5 Å². The molecule has 134 valence electrons. The maximum Gasteiger partial charge on any atom is 0.157 e. The van der Waals surface area contributed by atoms with Crippen LogP contribution in [0.3, 0.4) is 0 Å². The zero-order valence-electron chi connectivity index (χ0n) is 14.0. The molecule has 4 rings (SSSR count). The molecule has 4 aromatic rings. The van der Waals surface area contributed by atoms with E-state index in [2.05, 4.69) is 31.3 Å². The molecule has 0 radical (unpaired) electrons. The lowest BCUT2D eigenvalue weighted by molar-refractivity contribution is 1.25. The fourth-order valence-corrected chi connectivity index (χ4v) is 3.37. The van der Waals surface area contributed by atoms with Crippen molar-refractivity contribution in [3.8, 4) is 23.5 Å². The third-order valence-electron chi connectivity index (χ3n) is 3.95. The maximum atomic E-state index is 9.04. The number of imidazole rings is 1. The summed E-state index contributed by atoms with van der Waals surface area (Å²) in [4.78, 5) is 16.2. The highest BCUT2D eigenvalue weighted by Crippen LogP contribution is 2.36. The number of nitriles is 2. The van der Waals surface area contributed by atoms with E-state index in [1.165, 1.54) is 18.3 Å². The molecule has 0 atom stereocenters. The van der Waals surface area contributed by atoms with Gasteiger partial charge in [0.15, 0.2) is 5.82 Å². The summed E-state index contributed by atoms with van der Waals surface area (Å²) in [6, 6.07) is 12.1. The van der Waals surface area contributed by atoms with E-state index in [0.29, 0.717) is 55.2 Å². The Labute approximate surface area is 169 Å². The lowest BCUT2D eigenvalue weighted by Gasteiger charge is -2.06. The third-order valence-corrected chi connectivity index (χ3v) is 4.54. The number of benzene rings is 1. The second kappa shape index (κ2) is 7.16. The topological polar surface area (TPSA) is 114 Å². The van der Waals surface area contributed by atoms with Crippen LogP contribution in [0.4, 0.5) is 11.6 Å². The summed E-state index contributed by atoms with van der Waals surface area (Å²) in [6.45, 7) is 0. The van der Waals surface area contributed by atoms with Crippen molar-refractivity contribution < 1.29 is 0 Å². The maximum absolute atomic E-state index is 9.04. The first-order valence-electron chi connectivity index (χ1n) is 7.96. The van der Waals surface area contributed by atoms with Gasteiger partial charge in [-0.1, -0.05) is 23.2 Å². The number of H-pyrrole nitrogens is 1. The molecule has 0 fully saturated rings. The molecule has 0 saturated carbocycles. The highest BCUT2D eigenvalue weighted by atomic mass is 35.5. The Bertz CT molecular complexity index is 1270. The number of hydrogen-bond acceptors (Lipinski definition) is 6. The average molecular weight is 406 g/mol. The molecule has 0 aliphatic heterocycles. The first-order chi connectivity index (χ1) is 13.6. The second-order valence-corrected chi connectivity index (χ2v) is 6.55. The van der Waals surface area contributed by atoms with Crippen molar-refractivity contribution in [2.24, 2.45) is 0 Å². The van der Waals surface area contributed by atoms with E-state index in [1.54, 1.807) is 24.4 Å². The Morgan fingerprint density at radius 1 is 0.929 bits per heavy atom. The number of aromatic amines is 1. The molecule has 9 heteroatoms. The van der Waals surface area contributed by atoms with Crippen molar-refractivity contribution in [3.63, 3.8) is 0 Å². The molecule has 2 N–H and O–H groups in total. The highest BCUT2D eigenvalue weighted by Gasteiger charge is 2.16. The Kier molecular flexibility index (Phi) is 4.54. The Balaban J connectivity index is 1.80. The molecule has 7 nitrogen and oxygen atoms in total. The van der Waals surface area contributed by atoms with Gasteiger partial charge in [0, 0.05) is 12.4 Å². The SMILES string of the molecule is N#Cc1ccnc(Nc2nccc3nc(-c4c(Cl)cc(C#N)cc4Cl)[nH]c23)c1. The molecular formula is C19H9Cl2N7. The van der Waals surface area contributed by atoms with Crippen LogP contribution in [0.1, 0.15) is 11.1 Å². The zero-order chi connectivity index (χ0) is 19.7. The number of anilines is 2. The number of fused-ring (bicyclic) bond motifs is 1. The first-order valence-corrected chi connectivity index (χ1v) is 8.72. The van der Waals surface area contributed by atoms with E-state index in [1.807, 2.05) is 6.07 Å². The van der Waals surface area contributed by atoms with Gasteiger partial charge in [-0.3, -0.25) is 0 Å². The molecule has 3 heterocycles. The van der Waals surface area contributed by atoms with Crippen LogP contribution in [0.2, 0.25) is 10.0 Å². The number of nitrogens with zero attached hydrogens (tertiary/aromatic N) is 5. The van der Waals surface area contributed by atoms with Crippen molar-refractivity contribution >= 4 is 45.9 Å². The lowest BCUT2D eigenvalue weighted by atomic mass is 10.1. The lowest BCUT2D eigenvalue weighted by Crippen LogP contribution is -1.97. The number of aromatic nitrogens is 4. The van der Waals surface area contributed by atoms with Crippen molar-refractivity contribution in [2.45, 2.75) is 0 Å². The number of nitrogens with one attached hydrogen (secondary N) is 2. The van der Waals surface area contributed by atoms with Crippen LogP contribution < -0.4 is 5.32 Å². The van der Waals surface area contributed by atoms with Crippen LogP contribution in [0.5, 0.6) is 0 Å². The van der Waals surface area contributed by atoms with Gasteiger partial charge in [-0.2, -0.15) is 10.5 Å². The molecule has 0 bridgehead atoms. The minimum Gasteiger partial charge on any atom is -0.335 e. The Hall–Kier alpha value is -3.65. The van der Waals surface area contributed by atoms with Gasteiger partial charge in [-0.25, -0.2) is 15.0 Å². The van der Waals surface area contributed by atoms with Gasteiger partial charge in [-0.15, -0.1) is 0 Å². The van der Waals surface area contributed by atoms with Gasteiger partial charge in [0.05, 0.1) is 44.4 Å². The first kappa shape index (κ1) is 17.7. The van der Waals surface area contributed by atoms with E-state index < -0.39 is 0 Å². The Morgan fingerprint density at radius 3 is 2.36 bits per heavy atom. The zero-order valence-corrected chi connectivity index (χ0v) is 15.5. The molecule has 0 spiro atoms. The number of hydrogen-bond donors (Lipinski definition) is 2. The average Bonchev–Trinajstić information content (AvgIpc) is 3.12. The minimum atomic E-state index is 0.314. The quantitative estimate of drug-likeness (QED) is 0.505. The summed E-state index contributed by atoms with van der Waals surface area (Å²) >= 11 is 12.6. The summed E-state index contributed by atoms with van der Waals surface area (Å²) < 4.78 is 0. The van der Waals surface area contributed by atoms with Crippen molar-refractivity contribution in [3.05, 3.63) is 63.9 Å². The number of halogens is 2. The molecule has 28 heavy (non-hydrogen) atoms. The van der Waals surface area contributed by atoms with Gasteiger partial charge in [0.25, 0.3) is 0 Å². The van der Waals surface area contributed by atoms with Crippen LogP contribution in [0, 0.1) is 22.7 Å². The van der Waals surface area contributed by atoms with Crippen molar-refractivity contribution in [1.82, 2.24) is 19.9 Å². The van der Waals surface area contributed by atoms with E-state index in [-0.39, 0.29) is 0 Å². The van der Waals surface area contributed by atoms with Gasteiger partial charge in [-0.05, 0) is 30.3 Å². The molecule has 0 aliphatic carbocycles. The summed E-state index contributed by atoms with van der Waals surface area (Å²) in [7, 11) is 0. The smallest absolute Gasteiger partial charge is 0.157 e. The monoisotopic (exact) mass is 405 g/mol. The predicted octanol–water partition coefficient (Wildman–Crippen LogP) is 4.81.